The van der Waals surface area contributed by atoms with E-state index >= 15 is 0 Å². The molecule has 1 amide bonds. The van der Waals surface area contributed by atoms with Gasteiger partial charge in [0, 0.05) is 11.8 Å². The van der Waals surface area contributed by atoms with E-state index in [9.17, 15) is 18.3 Å². The van der Waals surface area contributed by atoms with E-state index in [0.29, 0.717) is 26.6 Å². The summed E-state index contributed by atoms with van der Waals surface area (Å²) in [6.07, 6.45) is 1.14. The van der Waals surface area contributed by atoms with Gasteiger partial charge in [-0.25, -0.2) is 13.4 Å². The lowest BCUT2D eigenvalue weighted by atomic mass is 10.1. The number of phenols is 1. The zero-order chi connectivity index (χ0) is 20.8. The Bertz CT molecular complexity index is 1360. The molecule has 4 rings (SSSR count). The van der Waals surface area contributed by atoms with E-state index in [4.69, 9.17) is 0 Å². The number of phenolic OH excluding ortho intramolecular Hbond substituents is 1. The van der Waals surface area contributed by atoms with Crippen LogP contribution in [0.2, 0.25) is 0 Å². The molecular formula is C19H16N4O4S2. The number of benzene rings is 2. The second kappa shape index (κ2) is 6.98. The van der Waals surface area contributed by atoms with Crippen LogP contribution in [0.25, 0.3) is 21.5 Å². The predicted molar refractivity (Wildman–Crippen MR) is 111 cm³/mol. The van der Waals surface area contributed by atoms with Gasteiger partial charge in [0.1, 0.15) is 11.4 Å². The molecule has 0 saturated heterocycles. The molecule has 0 spiro atoms. The Kier molecular flexibility index (Phi) is 4.59. The molecule has 2 aromatic carbocycles. The molecule has 0 fully saturated rings. The zero-order valence-electron chi connectivity index (χ0n) is 15.4. The van der Waals surface area contributed by atoms with Crippen LogP contribution in [0.4, 0.5) is 5.13 Å². The Morgan fingerprint density at radius 1 is 1.17 bits per heavy atom. The zero-order valence-corrected chi connectivity index (χ0v) is 17.1. The third kappa shape index (κ3) is 3.84. The molecule has 0 saturated carbocycles. The fourth-order valence-corrected chi connectivity index (χ4v) is 4.41. The van der Waals surface area contributed by atoms with E-state index in [2.05, 4.69) is 20.5 Å². The summed E-state index contributed by atoms with van der Waals surface area (Å²) >= 11 is 1.18. The first-order chi connectivity index (χ1) is 13.7. The summed E-state index contributed by atoms with van der Waals surface area (Å²) in [5.74, 6) is -0.367. The topological polar surface area (TPSA) is 125 Å². The first-order valence-corrected chi connectivity index (χ1v) is 11.2. The van der Waals surface area contributed by atoms with Crippen molar-refractivity contribution in [3.05, 3.63) is 53.7 Å². The van der Waals surface area contributed by atoms with Crippen LogP contribution in [0.3, 0.4) is 0 Å². The third-order valence-corrected chi connectivity index (χ3v) is 6.30. The number of anilines is 1. The SMILES string of the molecule is Cc1ccc(-c2cc(C(=O)Nc3nc4ccc(S(C)(=O)=O)cc4s3)[nH]n2)c(O)c1. The lowest BCUT2D eigenvalue weighted by molar-refractivity contribution is 0.102. The lowest BCUT2D eigenvalue weighted by Gasteiger charge is -2.01. The van der Waals surface area contributed by atoms with E-state index in [-0.39, 0.29) is 16.3 Å². The molecular weight excluding hydrogens is 412 g/mol. The minimum atomic E-state index is -3.32. The second-order valence-corrected chi connectivity index (χ2v) is 9.61. The van der Waals surface area contributed by atoms with Gasteiger partial charge in [0.15, 0.2) is 15.0 Å². The van der Waals surface area contributed by atoms with E-state index in [1.807, 2.05) is 13.0 Å². The normalized spacial score (nSPS) is 11.7. The number of aryl methyl sites for hydroxylation is 1. The van der Waals surface area contributed by atoms with Crippen molar-refractivity contribution in [1.29, 1.82) is 0 Å². The van der Waals surface area contributed by atoms with Crippen molar-refractivity contribution < 1.29 is 18.3 Å². The number of hydrogen-bond acceptors (Lipinski definition) is 7. The number of rotatable bonds is 4. The monoisotopic (exact) mass is 428 g/mol. The standard InChI is InChI=1S/C19H16N4O4S2/c1-10-3-5-12(16(24)7-10)14-9-15(23-22-14)18(25)21-19-20-13-6-4-11(29(2,26)27)8-17(13)28-19/h3-9,24H,1-2H3,(H,22,23)(H,20,21,25). The van der Waals surface area contributed by atoms with Gasteiger partial charge in [-0.15, -0.1) is 0 Å². The van der Waals surface area contributed by atoms with Crippen LogP contribution < -0.4 is 5.32 Å². The molecule has 2 aromatic heterocycles. The maximum absolute atomic E-state index is 12.5. The third-order valence-electron chi connectivity index (χ3n) is 4.26. The highest BCUT2D eigenvalue weighted by atomic mass is 32.2. The molecule has 0 radical (unpaired) electrons. The Morgan fingerprint density at radius 3 is 2.69 bits per heavy atom. The summed E-state index contributed by atoms with van der Waals surface area (Å²) in [4.78, 5) is 17.0. The van der Waals surface area contributed by atoms with Gasteiger partial charge in [0.25, 0.3) is 5.91 Å². The number of amides is 1. The van der Waals surface area contributed by atoms with Gasteiger partial charge in [-0.05, 0) is 48.9 Å². The molecule has 2 heterocycles. The molecule has 0 aliphatic carbocycles. The fraction of sp³-hybridized carbons (Fsp3) is 0.105. The Morgan fingerprint density at radius 2 is 1.97 bits per heavy atom. The number of nitrogens with one attached hydrogen (secondary N) is 2. The first-order valence-electron chi connectivity index (χ1n) is 8.48. The summed E-state index contributed by atoms with van der Waals surface area (Å²) in [6, 6.07) is 11.4. The van der Waals surface area contributed by atoms with Gasteiger partial charge >= 0.3 is 0 Å². The number of aromatic hydroxyl groups is 1. The maximum atomic E-state index is 12.5. The summed E-state index contributed by atoms with van der Waals surface area (Å²) in [5, 5.41) is 19.8. The Balaban J connectivity index is 1.57. The smallest absolute Gasteiger partial charge is 0.275 e. The quantitative estimate of drug-likeness (QED) is 0.458. The van der Waals surface area contributed by atoms with E-state index in [0.717, 1.165) is 11.8 Å². The van der Waals surface area contributed by atoms with Crippen LogP contribution in [-0.2, 0) is 9.84 Å². The average Bonchev–Trinajstić information content (AvgIpc) is 3.26. The molecule has 0 aliphatic rings. The van der Waals surface area contributed by atoms with Crippen LogP contribution >= 0.6 is 11.3 Å². The minimum absolute atomic E-state index is 0.0799. The Labute approximate surface area is 170 Å². The summed E-state index contributed by atoms with van der Waals surface area (Å²) < 4.78 is 24.0. The van der Waals surface area contributed by atoms with Crippen LogP contribution in [-0.4, -0.2) is 40.9 Å². The van der Waals surface area contributed by atoms with Gasteiger partial charge in [0.2, 0.25) is 0 Å². The molecule has 8 nitrogen and oxygen atoms in total. The van der Waals surface area contributed by atoms with Crippen LogP contribution in [0.1, 0.15) is 16.1 Å². The fourth-order valence-electron chi connectivity index (χ4n) is 2.79. The van der Waals surface area contributed by atoms with Gasteiger partial charge < -0.3 is 5.11 Å². The summed E-state index contributed by atoms with van der Waals surface area (Å²) in [5.41, 5.74) is 2.66. The molecule has 0 bridgehead atoms. The number of H-pyrrole nitrogens is 1. The van der Waals surface area contributed by atoms with Crippen molar-refractivity contribution in [3.8, 4) is 17.0 Å². The number of thiazole rings is 1. The van der Waals surface area contributed by atoms with Crippen LogP contribution in [0.15, 0.2) is 47.4 Å². The predicted octanol–water partition coefficient (Wildman–Crippen LogP) is 3.36. The number of sulfone groups is 1. The number of carbonyl (C=O) groups excluding carboxylic acids is 1. The lowest BCUT2D eigenvalue weighted by Crippen LogP contribution is -2.11. The summed E-state index contributed by atoms with van der Waals surface area (Å²) in [6.45, 7) is 1.86. The highest BCUT2D eigenvalue weighted by molar-refractivity contribution is 7.90. The van der Waals surface area contributed by atoms with Gasteiger partial charge in [0.05, 0.1) is 20.8 Å². The number of carbonyl (C=O) groups is 1. The first kappa shape index (κ1) is 19.1. The van der Waals surface area contributed by atoms with Crippen LogP contribution in [0.5, 0.6) is 5.75 Å². The molecule has 0 unspecified atom stereocenters. The molecule has 10 heteroatoms. The maximum Gasteiger partial charge on any atom is 0.275 e. The summed E-state index contributed by atoms with van der Waals surface area (Å²) in [7, 11) is -3.32. The number of aromatic amines is 1. The van der Waals surface area contributed by atoms with E-state index in [1.165, 1.54) is 29.5 Å². The molecule has 29 heavy (non-hydrogen) atoms. The Hall–Kier alpha value is -3.24. The molecule has 4 aromatic rings. The van der Waals surface area contributed by atoms with Crippen molar-refractivity contribution in [2.45, 2.75) is 11.8 Å². The van der Waals surface area contributed by atoms with Crippen molar-refractivity contribution in [2.75, 3.05) is 11.6 Å². The minimum Gasteiger partial charge on any atom is -0.507 e. The number of fused-ring (bicyclic) bond motifs is 1. The van der Waals surface area contributed by atoms with Crippen molar-refractivity contribution >= 4 is 42.4 Å². The highest BCUT2D eigenvalue weighted by Gasteiger charge is 2.16. The molecule has 0 aliphatic heterocycles. The second-order valence-electron chi connectivity index (χ2n) is 6.56. The van der Waals surface area contributed by atoms with E-state index < -0.39 is 15.7 Å². The highest BCUT2D eigenvalue weighted by Crippen LogP contribution is 2.30. The molecule has 3 N–H and O–H groups in total. The van der Waals surface area contributed by atoms with Crippen LogP contribution in [0, 0.1) is 6.92 Å². The number of aromatic nitrogens is 3. The van der Waals surface area contributed by atoms with Crippen molar-refractivity contribution in [3.63, 3.8) is 0 Å². The van der Waals surface area contributed by atoms with E-state index in [1.54, 1.807) is 18.2 Å². The van der Waals surface area contributed by atoms with Gasteiger partial charge in [-0.3, -0.25) is 15.2 Å². The van der Waals surface area contributed by atoms with Crippen molar-refractivity contribution in [2.24, 2.45) is 0 Å². The molecule has 148 valence electrons. The molecule has 0 atom stereocenters. The van der Waals surface area contributed by atoms with Gasteiger partial charge in [-0.2, -0.15) is 5.10 Å². The van der Waals surface area contributed by atoms with Crippen molar-refractivity contribution in [1.82, 2.24) is 15.2 Å². The number of hydrogen-bond donors (Lipinski definition) is 3. The largest absolute Gasteiger partial charge is 0.507 e. The number of nitrogens with zero attached hydrogens (tertiary/aromatic N) is 2. The average molecular weight is 428 g/mol. The van der Waals surface area contributed by atoms with Gasteiger partial charge in [-0.1, -0.05) is 17.4 Å².